The molecule has 0 aromatic heterocycles. The second kappa shape index (κ2) is 6.74. The maximum Gasteiger partial charge on any atom is 0.0558 e. The predicted molar refractivity (Wildman–Crippen MR) is 71.9 cm³/mol. The molecule has 0 saturated carbocycles. The highest BCUT2D eigenvalue weighted by Crippen LogP contribution is 2.22. The number of benzene rings is 1. The Morgan fingerprint density at radius 1 is 1.35 bits per heavy atom. The summed E-state index contributed by atoms with van der Waals surface area (Å²) < 4.78 is 0. The van der Waals surface area contributed by atoms with Crippen molar-refractivity contribution in [2.45, 2.75) is 32.9 Å². The first-order chi connectivity index (χ1) is 8.10. The van der Waals surface area contributed by atoms with Crippen molar-refractivity contribution in [3.05, 3.63) is 35.4 Å². The van der Waals surface area contributed by atoms with Gasteiger partial charge < -0.3 is 10.8 Å². The van der Waals surface area contributed by atoms with Gasteiger partial charge in [-0.1, -0.05) is 29.8 Å². The van der Waals surface area contributed by atoms with Crippen molar-refractivity contribution < 1.29 is 5.11 Å². The standard InChI is InChI=1S/C14H24N2O/c1-11(2)16(7-8-17)14(10-15)13-6-4-5-12(3)9-13/h4-6,9,11,14,17H,7-8,10,15H2,1-3H3. The van der Waals surface area contributed by atoms with Crippen LogP contribution in [-0.4, -0.2) is 35.7 Å². The molecule has 0 aliphatic carbocycles. The Balaban J connectivity index is 2.95. The van der Waals surface area contributed by atoms with Gasteiger partial charge in [0, 0.05) is 25.2 Å². The predicted octanol–water partition coefficient (Wildman–Crippen LogP) is 1.70. The summed E-state index contributed by atoms with van der Waals surface area (Å²) in [7, 11) is 0. The van der Waals surface area contributed by atoms with Crippen LogP contribution in [0.1, 0.15) is 31.0 Å². The minimum absolute atomic E-state index is 0.167. The number of nitrogens with zero attached hydrogens (tertiary/aromatic N) is 1. The molecule has 1 rings (SSSR count). The fourth-order valence-corrected chi connectivity index (χ4v) is 2.23. The maximum absolute atomic E-state index is 9.15. The minimum atomic E-state index is 0.167. The second-order valence-electron chi connectivity index (χ2n) is 4.72. The lowest BCUT2D eigenvalue weighted by molar-refractivity contribution is 0.121. The Hall–Kier alpha value is -0.900. The first-order valence-corrected chi connectivity index (χ1v) is 6.23. The second-order valence-corrected chi connectivity index (χ2v) is 4.72. The Labute approximate surface area is 104 Å². The molecular weight excluding hydrogens is 212 g/mol. The molecule has 1 atom stereocenters. The molecule has 0 saturated heterocycles. The summed E-state index contributed by atoms with van der Waals surface area (Å²) in [6, 6.07) is 8.98. The Kier molecular flexibility index (Phi) is 5.62. The summed E-state index contributed by atoms with van der Waals surface area (Å²) in [6.07, 6.45) is 0. The molecule has 0 heterocycles. The van der Waals surface area contributed by atoms with Crippen LogP contribution in [0.15, 0.2) is 24.3 Å². The van der Waals surface area contributed by atoms with Crippen LogP contribution in [0.4, 0.5) is 0 Å². The number of hydrogen-bond donors (Lipinski definition) is 2. The lowest BCUT2D eigenvalue weighted by Gasteiger charge is -2.34. The van der Waals surface area contributed by atoms with Crippen molar-refractivity contribution in [1.29, 1.82) is 0 Å². The topological polar surface area (TPSA) is 49.5 Å². The lowest BCUT2D eigenvalue weighted by atomic mass is 10.0. The first-order valence-electron chi connectivity index (χ1n) is 6.23. The van der Waals surface area contributed by atoms with E-state index < -0.39 is 0 Å². The largest absolute Gasteiger partial charge is 0.395 e. The van der Waals surface area contributed by atoms with Crippen LogP contribution in [0.2, 0.25) is 0 Å². The lowest BCUT2D eigenvalue weighted by Crippen LogP contribution is -2.40. The van der Waals surface area contributed by atoms with Gasteiger partial charge in [0.15, 0.2) is 0 Å². The molecule has 0 bridgehead atoms. The average molecular weight is 236 g/mol. The molecule has 1 aromatic carbocycles. The van der Waals surface area contributed by atoms with E-state index in [1.165, 1.54) is 11.1 Å². The molecule has 0 fully saturated rings. The summed E-state index contributed by atoms with van der Waals surface area (Å²) in [5.74, 6) is 0. The number of nitrogens with two attached hydrogens (primary N) is 1. The highest BCUT2D eigenvalue weighted by Gasteiger charge is 2.21. The molecule has 3 nitrogen and oxygen atoms in total. The van der Waals surface area contributed by atoms with Crippen LogP contribution in [0.3, 0.4) is 0 Å². The zero-order valence-corrected chi connectivity index (χ0v) is 11.1. The van der Waals surface area contributed by atoms with Gasteiger partial charge in [-0.15, -0.1) is 0 Å². The average Bonchev–Trinajstić information content (AvgIpc) is 2.29. The summed E-state index contributed by atoms with van der Waals surface area (Å²) in [5.41, 5.74) is 8.38. The van der Waals surface area contributed by atoms with Gasteiger partial charge in [-0.2, -0.15) is 0 Å². The minimum Gasteiger partial charge on any atom is -0.395 e. The molecule has 3 heteroatoms. The van der Waals surface area contributed by atoms with Crippen LogP contribution in [-0.2, 0) is 0 Å². The summed E-state index contributed by atoms with van der Waals surface area (Å²) in [5, 5.41) is 9.15. The third-order valence-electron chi connectivity index (χ3n) is 3.07. The van der Waals surface area contributed by atoms with Crippen molar-refractivity contribution in [1.82, 2.24) is 4.90 Å². The van der Waals surface area contributed by atoms with Crippen molar-refractivity contribution >= 4 is 0 Å². The molecule has 0 aliphatic rings. The maximum atomic E-state index is 9.15. The SMILES string of the molecule is Cc1cccc(C(CN)N(CCO)C(C)C)c1. The van der Waals surface area contributed by atoms with Crippen molar-refractivity contribution in [2.75, 3.05) is 19.7 Å². The quantitative estimate of drug-likeness (QED) is 0.790. The van der Waals surface area contributed by atoms with E-state index in [0.717, 1.165) is 0 Å². The van der Waals surface area contributed by atoms with Crippen LogP contribution in [0.5, 0.6) is 0 Å². The Morgan fingerprint density at radius 2 is 2.06 bits per heavy atom. The summed E-state index contributed by atoms with van der Waals surface area (Å²) in [4.78, 5) is 2.24. The zero-order valence-electron chi connectivity index (χ0n) is 11.1. The van der Waals surface area contributed by atoms with Crippen LogP contribution in [0.25, 0.3) is 0 Å². The molecule has 1 aromatic rings. The van der Waals surface area contributed by atoms with Gasteiger partial charge in [-0.3, -0.25) is 4.90 Å². The molecule has 96 valence electrons. The van der Waals surface area contributed by atoms with E-state index in [4.69, 9.17) is 10.8 Å². The number of aryl methyl sites for hydroxylation is 1. The van der Waals surface area contributed by atoms with E-state index in [1.807, 2.05) is 0 Å². The third kappa shape index (κ3) is 3.80. The molecule has 17 heavy (non-hydrogen) atoms. The van der Waals surface area contributed by atoms with Crippen LogP contribution >= 0.6 is 0 Å². The van der Waals surface area contributed by atoms with E-state index in [-0.39, 0.29) is 12.6 Å². The Bertz CT molecular complexity index is 339. The Morgan fingerprint density at radius 3 is 2.53 bits per heavy atom. The van der Waals surface area contributed by atoms with Gasteiger partial charge in [-0.05, 0) is 26.3 Å². The number of rotatable bonds is 6. The molecule has 0 spiro atoms. The fraction of sp³-hybridized carbons (Fsp3) is 0.571. The number of hydrogen-bond acceptors (Lipinski definition) is 3. The van der Waals surface area contributed by atoms with Gasteiger partial charge >= 0.3 is 0 Å². The normalized spacial score (nSPS) is 13.4. The smallest absolute Gasteiger partial charge is 0.0558 e. The van der Waals surface area contributed by atoms with Gasteiger partial charge in [0.05, 0.1) is 6.61 Å². The van der Waals surface area contributed by atoms with Crippen molar-refractivity contribution in [3.63, 3.8) is 0 Å². The number of aliphatic hydroxyl groups is 1. The van der Waals surface area contributed by atoms with E-state index in [1.54, 1.807) is 0 Å². The first kappa shape index (κ1) is 14.2. The highest BCUT2D eigenvalue weighted by molar-refractivity contribution is 5.25. The van der Waals surface area contributed by atoms with Crippen LogP contribution < -0.4 is 5.73 Å². The zero-order chi connectivity index (χ0) is 12.8. The molecule has 3 N–H and O–H groups in total. The van der Waals surface area contributed by atoms with E-state index >= 15 is 0 Å². The molecule has 1 unspecified atom stereocenters. The molecular formula is C14H24N2O. The molecule has 0 radical (unpaired) electrons. The van der Waals surface area contributed by atoms with E-state index in [2.05, 4.69) is 49.9 Å². The fourth-order valence-electron chi connectivity index (χ4n) is 2.23. The number of aliphatic hydroxyl groups excluding tert-OH is 1. The molecule has 0 aliphatic heterocycles. The van der Waals surface area contributed by atoms with Crippen molar-refractivity contribution in [2.24, 2.45) is 5.73 Å². The monoisotopic (exact) mass is 236 g/mol. The third-order valence-corrected chi connectivity index (χ3v) is 3.07. The van der Waals surface area contributed by atoms with Gasteiger partial charge in [0.2, 0.25) is 0 Å². The van der Waals surface area contributed by atoms with E-state index in [0.29, 0.717) is 19.1 Å². The van der Waals surface area contributed by atoms with Crippen molar-refractivity contribution in [3.8, 4) is 0 Å². The van der Waals surface area contributed by atoms with E-state index in [9.17, 15) is 0 Å². The van der Waals surface area contributed by atoms with Gasteiger partial charge in [0.25, 0.3) is 0 Å². The summed E-state index contributed by atoms with van der Waals surface area (Å²) in [6.45, 7) is 7.75. The summed E-state index contributed by atoms with van der Waals surface area (Å²) >= 11 is 0. The van der Waals surface area contributed by atoms with Crippen LogP contribution in [0, 0.1) is 6.92 Å². The molecule has 0 amide bonds. The van der Waals surface area contributed by atoms with Gasteiger partial charge in [-0.25, -0.2) is 0 Å². The highest BCUT2D eigenvalue weighted by atomic mass is 16.3. The van der Waals surface area contributed by atoms with Gasteiger partial charge in [0.1, 0.15) is 0 Å².